The minimum absolute atomic E-state index is 0.492. The summed E-state index contributed by atoms with van der Waals surface area (Å²) in [7, 11) is 2.06. The highest BCUT2D eigenvalue weighted by molar-refractivity contribution is 5.31. The quantitative estimate of drug-likeness (QED) is 0.868. The van der Waals surface area contributed by atoms with Crippen molar-refractivity contribution in [2.45, 2.75) is 45.7 Å². The smallest absolute Gasteiger partial charge is 0.119 e. The fraction of sp³-hybridized carbons (Fsp3) is 0.667. The topological polar surface area (TPSA) is 24.5 Å². The molecule has 2 rings (SSSR count). The molecule has 1 aliphatic rings. The number of rotatable bonds is 6. The molecule has 0 aromatic heterocycles. The third kappa shape index (κ3) is 3.98. The van der Waals surface area contributed by atoms with Gasteiger partial charge in [0.05, 0.1) is 6.61 Å². The first kappa shape index (κ1) is 16.3. The van der Waals surface area contributed by atoms with E-state index in [1.165, 1.54) is 24.9 Å². The van der Waals surface area contributed by atoms with Gasteiger partial charge in [0.1, 0.15) is 5.75 Å². The zero-order valence-corrected chi connectivity index (χ0v) is 13.9. The van der Waals surface area contributed by atoms with E-state index in [0.717, 1.165) is 18.9 Å². The van der Waals surface area contributed by atoms with E-state index < -0.39 is 0 Å². The molecule has 0 radical (unpaired) electrons. The number of nitrogens with one attached hydrogen (secondary N) is 1. The highest BCUT2D eigenvalue weighted by Gasteiger charge is 2.33. The van der Waals surface area contributed by atoms with Crippen LogP contribution >= 0.6 is 0 Å². The van der Waals surface area contributed by atoms with Crippen LogP contribution in [-0.2, 0) is 0 Å². The van der Waals surface area contributed by atoms with Gasteiger partial charge < -0.3 is 10.1 Å². The van der Waals surface area contributed by atoms with E-state index in [4.69, 9.17) is 4.74 Å². The number of likely N-dealkylation sites (tertiary alicyclic amines) is 1. The van der Waals surface area contributed by atoms with Crippen LogP contribution in [0.1, 0.15) is 45.2 Å². The molecular weight excluding hydrogens is 260 g/mol. The van der Waals surface area contributed by atoms with Crippen molar-refractivity contribution in [2.24, 2.45) is 5.92 Å². The first-order chi connectivity index (χ1) is 10.2. The molecule has 118 valence electrons. The molecule has 3 heteroatoms. The maximum Gasteiger partial charge on any atom is 0.119 e. The van der Waals surface area contributed by atoms with Crippen molar-refractivity contribution in [3.63, 3.8) is 0 Å². The Balaban J connectivity index is 2.30. The molecule has 1 heterocycles. The summed E-state index contributed by atoms with van der Waals surface area (Å²) in [5, 5.41) is 3.38. The van der Waals surface area contributed by atoms with Gasteiger partial charge in [0.2, 0.25) is 0 Å². The van der Waals surface area contributed by atoms with Crippen LogP contribution in [0.2, 0.25) is 0 Å². The van der Waals surface area contributed by atoms with Crippen molar-refractivity contribution in [1.29, 1.82) is 0 Å². The lowest BCUT2D eigenvalue weighted by atomic mass is 9.83. The minimum Gasteiger partial charge on any atom is -0.494 e. The molecular formula is C18H30N2O. The zero-order valence-electron chi connectivity index (χ0n) is 13.9. The van der Waals surface area contributed by atoms with Crippen molar-refractivity contribution in [3.05, 3.63) is 29.8 Å². The van der Waals surface area contributed by atoms with Crippen LogP contribution in [0, 0.1) is 5.92 Å². The van der Waals surface area contributed by atoms with Crippen LogP contribution in [0.4, 0.5) is 0 Å². The van der Waals surface area contributed by atoms with Crippen LogP contribution in [0.3, 0.4) is 0 Å². The monoisotopic (exact) mass is 290 g/mol. The molecule has 0 amide bonds. The van der Waals surface area contributed by atoms with Gasteiger partial charge in [-0.3, -0.25) is 4.90 Å². The van der Waals surface area contributed by atoms with Gasteiger partial charge in [-0.25, -0.2) is 0 Å². The molecule has 0 spiro atoms. The number of nitrogens with zero attached hydrogens (tertiary/aromatic N) is 1. The molecule has 0 bridgehead atoms. The molecule has 1 saturated heterocycles. The van der Waals surface area contributed by atoms with Crippen LogP contribution in [0.5, 0.6) is 5.75 Å². The average molecular weight is 290 g/mol. The average Bonchev–Trinajstić information content (AvgIpc) is 2.48. The largest absolute Gasteiger partial charge is 0.494 e. The molecule has 1 N–H and O–H groups in total. The maximum atomic E-state index is 5.69. The molecule has 0 saturated carbocycles. The molecule has 1 aromatic carbocycles. The lowest BCUT2D eigenvalue weighted by molar-refractivity contribution is 0.0634. The second-order valence-electron chi connectivity index (χ2n) is 6.24. The summed E-state index contributed by atoms with van der Waals surface area (Å²) >= 11 is 0. The fourth-order valence-corrected chi connectivity index (χ4v) is 3.58. The van der Waals surface area contributed by atoms with Gasteiger partial charge in [0.25, 0.3) is 0 Å². The van der Waals surface area contributed by atoms with E-state index in [2.05, 4.69) is 55.4 Å². The van der Waals surface area contributed by atoms with Crippen LogP contribution in [0.15, 0.2) is 24.3 Å². The summed E-state index contributed by atoms with van der Waals surface area (Å²) in [6.07, 6.45) is 2.60. The number of benzene rings is 1. The number of hydrogen-bond donors (Lipinski definition) is 1. The van der Waals surface area contributed by atoms with Crippen molar-refractivity contribution < 1.29 is 4.74 Å². The van der Waals surface area contributed by atoms with Crippen LogP contribution in [0.25, 0.3) is 0 Å². The SMILES string of the molecule is CCOc1cccc(C2C(CNC)CCCN2C(C)C)c1. The second kappa shape index (κ2) is 7.81. The van der Waals surface area contributed by atoms with E-state index in [-0.39, 0.29) is 0 Å². The highest BCUT2D eigenvalue weighted by Crippen LogP contribution is 2.38. The first-order valence-electron chi connectivity index (χ1n) is 8.30. The highest BCUT2D eigenvalue weighted by atomic mass is 16.5. The van der Waals surface area contributed by atoms with Crippen molar-refractivity contribution in [1.82, 2.24) is 10.2 Å². The summed E-state index contributed by atoms with van der Waals surface area (Å²) in [4.78, 5) is 2.65. The van der Waals surface area contributed by atoms with Gasteiger partial charge in [0.15, 0.2) is 0 Å². The molecule has 1 aromatic rings. The molecule has 1 fully saturated rings. The summed E-state index contributed by atoms with van der Waals surface area (Å²) in [6.45, 7) is 9.65. The fourth-order valence-electron chi connectivity index (χ4n) is 3.58. The Labute approximate surface area is 129 Å². The van der Waals surface area contributed by atoms with E-state index in [1.807, 2.05) is 6.92 Å². The molecule has 2 atom stereocenters. The standard InChI is InChI=1S/C18H30N2O/c1-5-21-17-10-6-8-15(12-17)18-16(13-19-4)9-7-11-20(18)14(2)3/h6,8,10,12,14,16,18-19H,5,7,9,11,13H2,1-4H3. The predicted octanol–water partition coefficient (Wildman–Crippen LogP) is 3.47. The predicted molar refractivity (Wildman–Crippen MR) is 88.8 cm³/mol. The number of ether oxygens (including phenoxy) is 1. The van der Waals surface area contributed by atoms with Crippen LogP contribution < -0.4 is 10.1 Å². The van der Waals surface area contributed by atoms with Gasteiger partial charge in [0, 0.05) is 12.1 Å². The summed E-state index contributed by atoms with van der Waals surface area (Å²) in [5.74, 6) is 1.66. The Morgan fingerprint density at radius 1 is 1.38 bits per heavy atom. The van der Waals surface area contributed by atoms with Crippen molar-refractivity contribution >= 4 is 0 Å². The van der Waals surface area contributed by atoms with Gasteiger partial charge in [-0.2, -0.15) is 0 Å². The van der Waals surface area contributed by atoms with Gasteiger partial charge in [-0.05, 0) is 77.4 Å². The number of piperidine rings is 1. The van der Waals surface area contributed by atoms with Crippen molar-refractivity contribution in [3.8, 4) is 5.75 Å². The maximum absolute atomic E-state index is 5.69. The third-order valence-corrected chi connectivity index (χ3v) is 4.44. The normalized spacial score (nSPS) is 23.5. The Morgan fingerprint density at radius 2 is 2.19 bits per heavy atom. The van der Waals surface area contributed by atoms with E-state index >= 15 is 0 Å². The molecule has 1 aliphatic heterocycles. The summed E-state index contributed by atoms with van der Waals surface area (Å²) < 4.78 is 5.69. The first-order valence-corrected chi connectivity index (χ1v) is 8.30. The third-order valence-electron chi connectivity index (χ3n) is 4.44. The Bertz CT molecular complexity index is 431. The molecule has 0 aliphatic carbocycles. The van der Waals surface area contributed by atoms with E-state index in [0.29, 0.717) is 18.0 Å². The van der Waals surface area contributed by atoms with E-state index in [9.17, 15) is 0 Å². The summed E-state index contributed by atoms with van der Waals surface area (Å²) in [6, 6.07) is 9.75. The van der Waals surface area contributed by atoms with Gasteiger partial charge >= 0.3 is 0 Å². The Morgan fingerprint density at radius 3 is 2.86 bits per heavy atom. The number of hydrogen-bond acceptors (Lipinski definition) is 3. The Kier molecular flexibility index (Phi) is 6.07. The molecule has 2 unspecified atom stereocenters. The zero-order chi connectivity index (χ0) is 15.2. The van der Waals surface area contributed by atoms with Gasteiger partial charge in [-0.15, -0.1) is 0 Å². The molecule has 3 nitrogen and oxygen atoms in total. The minimum atomic E-state index is 0.492. The lowest BCUT2D eigenvalue weighted by Crippen LogP contribution is -2.45. The van der Waals surface area contributed by atoms with Crippen molar-refractivity contribution in [2.75, 3.05) is 26.7 Å². The second-order valence-corrected chi connectivity index (χ2v) is 6.24. The molecule has 21 heavy (non-hydrogen) atoms. The van der Waals surface area contributed by atoms with E-state index in [1.54, 1.807) is 0 Å². The lowest BCUT2D eigenvalue weighted by Gasteiger charge is -2.44. The van der Waals surface area contributed by atoms with Gasteiger partial charge in [-0.1, -0.05) is 12.1 Å². The summed E-state index contributed by atoms with van der Waals surface area (Å²) in [5.41, 5.74) is 1.40. The Hall–Kier alpha value is -1.06. The van der Waals surface area contributed by atoms with Crippen LogP contribution in [-0.4, -0.2) is 37.7 Å².